The van der Waals surface area contributed by atoms with Gasteiger partial charge in [-0.2, -0.15) is 0 Å². The van der Waals surface area contributed by atoms with Crippen molar-refractivity contribution in [3.8, 4) is 16.2 Å². The number of hydrogen-bond donors (Lipinski definition) is 1. The van der Waals surface area contributed by atoms with E-state index < -0.39 is 10.0 Å². The molecule has 1 aliphatic carbocycles. The van der Waals surface area contributed by atoms with Crippen LogP contribution in [0.15, 0.2) is 53.4 Å². The first-order valence-corrected chi connectivity index (χ1v) is 12.3. The SMILES string of the molecule is CCOc1ccc(NC(=O)c2cc3c(s2)-c2ccccc2CC3)cc1S(=O)(=O)N(C)C. The van der Waals surface area contributed by atoms with Gasteiger partial charge in [-0.3, -0.25) is 4.79 Å². The van der Waals surface area contributed by atoms with E-state index in [1.54, 1.807) is 19.1 Å². The van der Waals surface area contributed by atoms with Gasteiger partial charge < -0.3 is 10.1 Å². The number of rotatable bonds is 6. The van der Waals surface area contributed by atoms with Crippen LogP contribution in [0.25, 0.3) is 10.4 Å². The number of benzene rings is 2. The van der Waals surface area contributed by atoms with Gasteiger partial charge in [-0.25, -0.2) is 12.7 Å². The molecule has 0 spiro atoms. The first kappa shape index (κ1) is 21.5. The normalized spacial score (nSPS) is 12.9. The molecule has 8 heteroatoms. The van der Waals surface area contributed by atoms with Crippen molar-refractivity contribution in [3.05, 3.63) is 64.5 Å². The number of nitrogens with one attached hydrogen (secondary N) is 1. The summed E-state index contributed by atoms with van der Waals surface area (Å²) < 4.78 is 32.1. The van der Waals surface area contributed by atoms with Crippen LogP contribution < -0.4 is 10.1 Å². The summed E-state index contributed by atoms with van der Waals surface area (Å²) in [4.78, 5) is 14.7. The average Bonchev–Trinajstić information content (AvgIpc) is 3.20. The third-order valence-electron chi connectivity index (χ3n) is 5.22. The van der Waals surface area contributed by atoms with Crippen LogP contribution in [-0.4, -0.2) is 39.3 Å². The van der Waals surface area contributed by atoms with E-state index in [1.807, 2.05) is 18.2 Å². The topological polar surface area (TPSA) is 75.7 Å². The zero-order valence-electron chi connectivity index (χ0n) is 17.6. The van der Waals surface area contributed by atoms with E-state index in [0.29, 0.717) is 17.2 Å². The van der Waals surface area contributed by atoms with Crippen LogP contribution in [0.2, 0.25) is 0 Å². The Morgan fingerprint density at radius 3 is 2.58 bits per heavy atom. The quantitative estimate of drug-likeness (QED) is 0.596. The first-order chi connectivity index (χ1) is 14.8. The standard InChI is InChI=1S/C23H24N2O4S2/c1-4-29-19-12-11-17(14-21(19)31(27,28)25(2)3)24-23(26)20-13-16-10-9-15-7-5-6-8-18(15)22(16)30-20/h5-8,11-14H,4,9-10H2,1-3H3,(H,24,26). The second-order valence-corrected chi connectivity index (χ2v) is 10.6. The minimum atomic E-state index is -3.73. The molecule has 4 rings (SSSR count). The number of ether oxygens (including phenoxy) is 1. The van der Waals surface area contributed by atoms with Crippen LogP contribution in [0.3, 0.4) is 0 Å². The predicted octanol–water partition coefficient (Wildman–Crippen LogP) is 4.42. The van der Waals surface area contributed by atoms with E-state index in [1.165, 1.54) is 48.2 Å². The molecule has 0 bridgehead atoms. The van der Waals surface area contributed by atoms with Gasteiger partial charge in [0, 0.05) is 24.7 Å². The van der Waals surface area contributed by atoms with Gasteiger partial charge >= 0.3 is 0 Å². The summed E-state index contributed by atoms with van der Waals surface area (Å²) in [6, 6.07) is 14.9. The Balaban J connectivity index is 1.64. The van der Waals surface area contributed by atoms with Crippen molar-refractivity contribution >= 4 is 33.0 Å². The maximum Gasteiger partial charge on any atom is 0.265 e. The lowest BCUT2D eigenvalue weighted by Crippen LogP contribution is -2.23. The number of amides is 1. The number of hydrogen-bond acceptors (Lipinski definition) is 5. The van der Waals surface area contributed by atoms with E-state index in [-0.39, 0.29) is 16.6 Å². The summed E-state index contributed by atoms with van der Waals surface area (Å²) in [6.07, 6.45) is 1.87. The Bertz CT molecular complexity index is 1250. The van der Waals surface area contributed by atoms with Crippen molar-refractivity contribution < 1.29 is 17.9 Å². The van der Waals surface area contributed by atoms with Crippen LogP contribution >= 0.6 is 11.3 Å². The molecular formula is C23H24N2O4S2. The molecule has 2 aromatic carbocycles. The van der Waals surface area contributed by atoms with Crippen LogP contribution in [0.4, 0.5) is 5.69 Å². The molecule has 0 radical (unpaired) electrons. The lowest BCUT2D eigenvalue weighted by atomic mass is 9.91. The molecule has 0 atom stereocenters. The Morgan fingerprint density at radius 1 is 1.10 bits per heavy atom. The summed E-state index contributed by atoms with van der Waals surface area (Å²) in [5.74, 6) is 0.00614. The molecule has 3 aromatic rings. The number of carbonyl (C=O) groups excluding carboxylic acids is 1. The zero-order chi connectivity index (χ0) is 22.2. The highest BCUT2D eigenvalue weighted by Crippen LogP contribution is 2.39. The van der Waals surface area contributed by atoms with Crippen molar-refractivity contribution in [3.63, 3.8) is 0 Å². The van der Waals surface area contributed by atoms with E-state index in [9.17, 15) is 13.2 Å². The highest BCUT2D eigenvalue weighted by molar-refractivity contribution is 7.89. The van der Waals surface area contributed by atoms with Crippen molar-refractivity contribution in [1.29, 1.82) is 0 Å². The highest BCUT2D eigenvalue weighted by atomic mass is 32.2. The third-order valence-corrected chi connectivity index (χ3v) is 8.26. The van der Waals surface area contributed by atoms with E-state index in [4.69, 9.17) is 4.74 Å². The molecule has 0 saturated carbocycles. The van der Waals surface area contributed by atoms with Crippen LogP contribution in [0.1, 0.15) is 27.7 Å². The fourth-order valence-corrected chi connectivity index (χ4v) is 5.85. The minimum absolute atomic E-state index is 0.0246. The summed E-state index contributed by atoms with van der Waals surface area (Å²) >= 11 is 1.47. The van der Waals surface area contributed by atoms with Gasteiger partial charge in [-0.05, 0) is 60.7 Å². The van der Waals surface area contributed by atoms with Crippen LogP contribution in [0.5, 0.6) is 5.75 Å². The number of nitrogens with zero attached hydrogens (tertiary/aromatic N) is 1. The number of sulfonamides is 1. The predicted molar refractivity (Wildman–Crippen MR) is 124 cm³/mol. The number of fused-ring (bicyclic) bond motifs is 3. The summed E-state index contributed by atoms with van der Waals surface area (Å²) in [5.41, 5.74) is 4.07. The molecule has 0 saturated heterocycles. The largest absolute Gasteiger partial charge is 0.492 e. The van der Waals surface area contributed by atoms with Gasteiger partial charge in [-0.15, -0.1) is 11.3 Å². The summed E-state index contributed by atoms with van der Waals surface area (Å²) in [5, 5.41) is 2.85. The average molecular weight is 457 g/mol. The Hall–Kier alpha value is -2.68. The van der Waals surface area contributed by atoms with Gasteiger partial charge in [0.05, 0.1) is 11.5 Å². The smallest absolute Gasteiger partial charge is 0.265 e. The summed E-state index contributed by atoms with van der Waals surface area (Å²) in [7, 11) is -0.803. The van der Waals surface area contributed by atoms with Gasteiger partial charge in [0.2, 0.25) is 10.0 Å². The third kappa shape index (κ3) is 4.11. The molecule has 162 valence electrons. The maximum absolute atomic E-state index is 13.0. The first-order valence-electron chi connectivity index (χ1n) is 10.0. The summed E-state index contributed by atoms with van der Waals surface area (Å²) in [6.45, 7) is 2.13. The van der Waals surface area contributed by atoms with E-state index >= 15 is 0 Å². The molecule has 1 aromatic heterocycles. The number of carbonyl (C=O) groups is 1. The molecule has 1 aliphatic rings. The second-order valence-electron chi connectivity index (χ2n) is 7.46. The van der Waals surface area contributed by atoms with E-state index in [2.05, 4.69) is 17.4 Å². The minimum Gasteiger partial charge on any atom is -0.492 e. The number of anilines is 1. The van der Waals surface area contributed by atoms with Gasteiger partial charge in [-0.1, -0.05) is 24.3 Å². The molecule has 31 heavy (non-hydrogen) atoms. The van der Waals surface area contributed by atoms with Gasteiger partial charge in [0.15, 0.2) is 0 Å². The number of aryl methyl sites for hydroxylation is 2. The molecule has 0 unspecified atom stereocenters. The van der Waals surface area contributed by atoms with Gasteiger partial charge in [0.25, 0.3) is 5.91 Å². The van der Waals surface area contributed by atoms with Crippen molar-refractivity contribution in [2.45, 2.75) is 24.7 Å². The fraction of sp³-hybridized carbons (Fsp3) is 0.261. The van der Waals surface area contributed by atoms with Crippen molar-refractivity contribution in [2.75, 3.05) is 26.0 Å². The fourth-order valence-electron chi connectivity index (χ4n) is 3.64. The Kier molecular flexibility index (Phi) is 5.88. The molecule has 1 amide bonds. The molecule has 1 N–H and O–H groups in total. The van der Waals surface area contributed by atoms with Crippen molar-refractivity contribution in [2.24, 2.45) is 0 Å². The van der Waals surface area contributed by atoms with E-state index in [0.717, 1.165) is 22.0 Å². The zero-order valence-corrected chi connectivity index (χ0v) is 19.3. The Morgan fingerprint density at radius 2 is 1.84 bits per heavy atom. The molecule has 1 heterocycles. The lowest BCUT2D eigenvalue weighted by Gasteiger charge is -2.16. The molecular weight excluding hydrogens is 432 g/mol. The Labute approximate surface area is 186 Å². The lowest BCUT2D eigenvalue weighted by molar-refractivity contribution is 0.103. The molecule has 0 aliphatic heterocycles. The maximum atomic E-state index is 13.0. The monoisotopic (exact) mass is 456 g/mol. The highest BCUT2D eigenvalue weighted by Gasteiger charge is 2.25. The second kappa shape index (κ2) is 8.45. The molecule has 0 fully saturated rings. The van der Waals surface area contributed by atoms with Crippen LogP contribution in [0, 0.1) is 0 Å². The number of thiophene rings is 1. The molecule has 6 nitrogen and oxygen atoms in total. The van der Waals surface area contributed by atoms with Crippen molar-refractivity contribution in [1.82, 2.24) is 4.31 Å². The van der Waals surface area contributed by atoms with Gasteiger partial charge in [0.1, 0.15) is 10.6 Å². The van der Waals surface area contributed by atoms with Crippen LogP contribution in [-0.2, 0) is 22.9 Å².